The van der Waals surface area contributed by atoms with Crippen LogP contribution in [0.15, 0.2) is 22.7 Å². The monoisotopic (exact) mass is 373 g/mol. The van der Waals surface area contributed by atoms with Crippen molar-refractivity contribution in [1.29, 1.82) is 0 Å². The lowest BCUT2D eigenvalue weighted by Gasteiger charge is -2.37. The quantitative estimate of drug-likeness (QED) is 0.727. The van der Waals surface area contributed by atoms with Crippen LogP contribution in [0, 0.1) is 0 Å². The Hall–Kier alpha value is -0.0900. The van der Waals surface area contributed by atoms with Gasteiger partial charge in [0.15, 0.2) is 0 Å². The van der Waals surface area contributed by atoms with E-state index in [1.807, 2.05) is 13.2 Å². The molecule has 1 unspecified atom stereocenters. The minimum absolute atomic E-state index is 0.0361. The number of halogens is 2. The van der Waals surface area contributed by atoms with Crippen LogP contribution >= 0.6 is 27.5 Å². The second-order valence-electron chi connectivity index (χ2n) is 5.92. The number of ether oxygens (including phenoxy) is 1. The molecule has 0 aliphatic heterocycles. The standard InChI is InChI=1S/C17H25BrClNO/c1-3-10-20-16(17(21-2)8-4-5-9-17)11-13-6-7-14(18)12-15(13)19/h6-7,12,16,20H,3-5,8-11H2,1-2H3. The Morgan fingerprint density at radius 2 is 2.10 bits per heavy atom. The van der Waals surface area contributed by atoms with Crippen LogP contribution in [0.25, 0.3) is 0 Å². The van der Waals surface area contributed by atoms with E-state index in [2.05, 4.69) is 40.3 Å². The maximum Gasteiger partial charge on any atom is 0.0834 e. The highest BCUT2D eigenvalue weighted by molar-refractivity contribution is 9.10. The molecule has 2 nitrogen and oxygen atoms in total. The van der Waals surface area contributed by atoms with Gasteiger partial charge >= 0.3 is 0 Å². The van der Waals surface area contributed by atoms with E-state index in [4.69, 9.17) is 16.3 Å². The number of nitrogens with one attached hydrogen (secondary N) is 1. The molecular weight excluding hydrogens is 350 g/mol. The Labute approximate surface area is 141 Å². The summed E-state index contributed by atoms with van der Waals surface area (Å²) in [6.45, 7) is 3.22. The highest BCUT2D eigenvalue weighted by atomic mass is 79.9. The molecule has 0 spiro atoms. The van der Waals surface area contributed by atoms with E-state index in [9.17, 15) is 0 Å². The van der Waals surface area contributed by atoms with Gasteiger partial charge in [-0.1, -0.05) is 53.4 Å². The molecule has 1 aliphatic carbocycles. The fourth-order valence-electron chi connectivity index (χ4n) is 3.34. The summed E-state index contributed by atoms with van der Waals surface area (Å²) in [6, 6.07) is 6.48. The molecule has 1 aromatic carbocycles. The van der Waals surface area contributed by atoms with Gasteiger partial charge in [-0.05, 0) is 49.9 Å². The van der Waals surface area contributed by atoms with E-state index in [1.165, 1.54) is 18.4 Å². The minimum Gasteiger partial charge on any atom is -0.377 e. The molecule has 21 heavy (non-hydrogen) atoms. The molecule has 1 atom stereocenters. The van der Waals surface area contributed by atoms with Gasteiger partial charge in [-0.2, -0.15) is 0 Å². The van der Waals surface area contributed by atoms with Gasteiger partial charge in [-0.15, -0.1) is 0 Å². The van der Waals surface area contributed by atoms with E-state index in [-0.39, 0.29) is 5.60 Å². The van der Waals surface area contributed by atoms with Crippen LogP contribution in [-0.4, -0.2) is 25.3 Å². The zero-order valence-corrected chi connectivity index (χ0v) is 15.3. The van der Waals surface area contributed by atoms with Crippen molar-refractivity contribution < 1.29 is 4.74 Å². The maximum absolute atomic E-state index is 6.40. The Balaban J connectivity index is 2.19. The van der Waals surface area contributed by atoms with Crippen LogP contribution in [0.4, 0.5) is 0 Å². The molecule has 0 aromatic heterocycles. The Morgan fingerprint density at radius 3 is 2.67 bits per heavy atom. The topological polar surface area (TPSA) is 21.3 Å². The number of benzene rings is 1. The molecule has 1 fully saturated rings. The average Bonchev–Trinajstić information content (AvgIpc) is 2.95. The smallest absolute Gasteiger partial charge is 0.0834 e. The fourth-order valence-corrected chi connectivity index (χ4v) is 4.09. The van der Waals surface area contributed by atoms with E-state index in [0.29, 0.717) is 6.04 Å². The van der Waals surface area contributed by atoms with Gasteiger partial charge in [-0.25, -0.2) is 0 Å². The first kappa shape index (κ1) is 17.3. The third-order valence-electron chi connectivity index (χ3n) is 4.57. The fraction of sp³-hybridized carbons (Fsp3) is 0.647. The summed E-state index contributed by atoms with van der Waals surface area (Å²) in [5, 5.41) is 4.53. The van der Waals surface area contributed by atoms with Crippen molar-refractivity contribution in [2.75, 3.05) is 13.7 Å². The van der Waals surface area contributed by atoms with E-state index < -0.39 is 0 Å². The van der Waals surface area contributed by atoms with Crippen LogP contribution < -0.4 is 5.32 Å². The molecule has 0 radical (unpaired) electrons. The second kappa shape index (κ2) is 7.96. The molecule has 0 saturated heterocycles. The van der Waals surface area contributed by atoms with Gasteiger partial charge in [0, 0.05) is 22.6 Å². The summed E-state index contributed by atoms with van der Waals surface area (Å²) in [6.07, 6.45) is 6.83. The lowest BCUT2D eigenvalue weighted by atomic mass is 9.87. The Morgan fingerprint density at radius 1 is 1.38 bits per heavy atom. The van der Waals surface area contributed by atoms with E-state index in [1.54, 1.807) is 0 Å². The van der Waals surface area contributed by atoms with Crippen molar-refractivity contribution in [2.24, 2.45) is 0 Å². The zero-order chi connectivity index (χ0) is 15.3. The molecule has 1 aliphatic rings. The predicted molar refractivity (Wildman–Crippen MR) is 93.1 cm³/mol. The van der Waals surface area contributed by atoms with Crippen molar-refractivity contribution in [3.63, 3.8) is 0 Å². The molecule has 1 saturated carbocycles. The Bertz CT molecular complexity index is 460. The molecule has 0 bridgehead atoms. The van der Waals surface area contributed by atoms with Crippen LogP contribution in [0.1, 0.15) is 44.6 Å². The zero-order valence-electron chi connectivity index (χ0n) is 12.9. The first-order valence-electron chi connectivity index (χ1n) is 7.84. The lowest BCUT2D eigenvalue weighted by Crippen LogP contribution is -2.52. The van der Waals surface area contributed by atoms with Crippen molar-refractivity contribution in [3.8, 4) is 0 Å². The normalized spacial score (nSPS) is 18.9. The number of hydrogen-bond donors (Lipinski definition) is 1. The number of methoxy groups -OCH3 is 1. The molecule has 118 valence electrons. The maximum atomic E-state index is 6.40. The Kier molecular flexibility index (Phi) is 6.54. The molecule has 4 heteroatoms. The molecular formula is C17H25BrClNO. The summed E-state index contributed by atoms with van der Waals surface area (Å²) < 4.78 is 7.00. The minimum atomic E-state index is -0.0361. The molecule has 0 amide bonds. The van der Waals surface area contributed by atoms with E-state index >= 15 is 0 Å². The lowest BCUT2D eigenvalue weighted by molar-refractivity contribution is -0.0354. The molecule has 2 rings (SSSR count). The van der Waals surface area contributed by atoms with E-state index in [0.717, 1.165) is 41.7 Å². The summed E-state index contributed by atoms with van der Waals surface area (Å²) >= 11 is 9.87. The van der Waals surface area contributed by atoms with Crippen molar-refractivity contribution in [1.82, 2.24) is 5.32 Å². The largest absolute Gasteiger partial charge is 0.377 e. The average molecular weight is 375 g/mol. The van der Waals surface area contributed by atoms with Gasteiger partial charge in [-0.3, -0.25) is 0 Å². The van der Waals surface area contributed by atoms with Gasteiger partial charge in [0.1, 0.15) is 0 Å². The van der Waals surface area contributed by atoms with Crippen molar-refractivity contribution in [2.45, 2.75) is 57.1 Å². The van der Waals surface area contributed by atoms with Crippen molar-refractivity contribution in [3.05, 3.63) is 33.3 Å². The third-order valence-corrected chi connectivity index (χ3v) is 5.42. The summed E-state index contributed by atoms with van der Waals surface area (Å²) in [4.78, 5) is 0. The number of hydrogen-bond acceptors (Lipinski definition) is 2. The van der Waals surface area contributed by atoms with Crippen LogP contribution in [0.5, 0.6) is 0 Å². The van der Waals surface area contributed by atoms with Gasteiger partial charge < -0.3 is 10.1 Å². The highest BCUT2D eigenvalue weighted by Crippen LogP contribution is 2.37. The summed E-state index contributed by atoms with van der Waals surface area (Å²) in [5.41, 5.74) is 1.16. The highest BCUT2D eigenvalue weighted by Gasteiger charge is 2.41. The predicted octanol–water partition coefficient (Wildman–Crippen LogP) is 4.97. The summed E-state index contributed by atoms with van der Waals surface area (Å²) in [7, 11) is 1.86. The van der Waals surface area contributed by atoms with Crippen LogP contribution in [0.3, 0.4) is 0 Å². The van der Waals surface area contributed by atoms with Crippen molar-refractivity contribution >= 4 is 27.5 Å². The first-order chi connectivity index (χ1) is 10.1. The second-order valence-corrected chi connectivity index (χ2v) is 7.25. The first-order valence-corrected chi connectivity index (χ1v) is 9.01. The number of rotatable bonds is 7. The van der Waals surface area contributed by atoms with Gasteiger partial charge in [0.25, 0.3) is 0 Å². The molecule has 0 heterocycles. The van der Waals surface area contributed by atoms with Gasteiger partial charge in [0.05, 0.1) is 5.60 Å². The SMILES string of the molecule is CCCNC(Cc1ccc(Br)cc1Cl)C1(OC)CCCC1. The molecule has 1 N–H and O–H groups in total. The van der Waals surface area contributed by atoms with Gasteiger partial charge in [0.2, 0.25) is 0 Å². The summed E-state index contributed by atoms with van der Waals surface area (Å²) in [5.74, 6) is 0. The molecule has 1 aromatic rings. The van der Waals surface area contributed by atoms with Crippen LogP contribution in [-0.2, 0) is 11.2 Å². The van der Waals surface area contributed by atoms with Crippen LogP contribution in [0.2, 0.25) is 5.02 Å². The third kappa shape index (κ3) is 4.22.